The molecule has 5 nitrogen and oxygen atoms in total. The highest BCUT2D eigenvalue weighted by atomic mass is 32.1. The molecule has 0 amide bonds. The summed E-state index contributed by atoms with van der Waals surface area (Å²) in [6.45, 7) is -0.465. The normalized spacial score (nSPS) is 48.0. The van der Waals surface area contributed by atoms with Gasteiger partial charge in [-0.1, -0.05) is 0 Å². The Labute approximate surface area is 79.2 Å². The van der Waals surface area contributed by atoms with Crippen molar-refractivity contribution in [2.24, 2.45) is 0 Å². The highest BCUT2D eigenvalue weighted by Gasteiger charge is 2.55. The number of ether oxygens (including phenoxy) is 1. The lowest BCUT2D eigenvalue weighted by molar-refractivity contribution is -0.309. The van der Waals surface area contributed by atoms with E-state index in [0.29, 0.717) is 0 Å². The van der Waals surface area contributed by atoms with E-state index in [9.17, 15) is 4.39 Å². The van der Waals surface area contributed by atoms with Crippen LogP contribution in [-0.2, 0) is 4.74 Å². The van der Waals surface area contributed by atoms with Gasteiger partial charge in [-0.3, -0.25) is 0 Å². The van der Waals surface area contributed by atoms with Gasteiger partial charge in [-0.25, -0.2) is 0 Å². The highest BCUT2D eigenvalue weighted by molar-refractivity contribution is 7.81. The van der Waals surface area contributed by atoms with Gasteiger partial charge in [0.1, 0.15) is 12.2 Å². The van der Waals surface area contributed by atoms with Gasteiger partial charge in [0.15, 0.2) is 6.10 Å². The van der Waals surface area contributed by atoms with Crippen LogP contribution in [0.25, 0.3) is 0 Å². The maximum absolute atomic E-state index is 12.8. The van der Waals surface area contributed by atoms with Crippen LogP contribution in [0.15, 0.2) is 0 Å². The number of hydrogen-bond donors (Lipinski definition) is 5. The first-order valence-electron chi connectivity index (χ1n) is 3.64. The molecule has 0 saturated carbocycles. The van der Waals surface area contributed by atoms with Gasteiger partial charge in [0.25, 0.3) is 0 Å². The molecule has 0 aliphatic carbocycles. The van der Waals surface area contributed by atoms with E-state index >= 15 is 0 Å². The topological polar surface area (TPSA) is 90.2 Å². The molecule has 78 valence electrons. The van der Waals surface area contributed by atoms with Crippen molar-refractivity contribution in [3.8, 4) is 0 Å². The fourth-order valence-corrected chi connectivity index (χ4v) is 1.37. The van der Waals surface area contributed by atoms with Crippen LogP contribution in [0.2, 0.25) is 0 Å². The predicted octanol–water partition coefficient (Wildman–Crippen LogP) is -1.99. The van der Waals surface area contributed by atoms with E-state index in [-0.39, 0.29) is 0 Å². The number of hydrogen-bond acceptors (Lipinski definition) is 6. The lowest BCUT2D eigenvalue weighted by Gasteiger charge is -2.18. The Morgan fingerprint density at radius 1 is 1.54 bits per heavy atom. The maximum Gasteiger partial charge on any atom is 0.347 e. The standard InChI is InChI=1S/C6H11FO5S/c7-6(11)5(10)3(9)4(12-6)2(13)1-8/h2-5,8-11,13H,1H2/t2-,3+,4-,5-,6-/m1/s1. The monoisotopic (exact) mass is 214 g/mol. The second-order valence-corrected chi connectivity index (χ2v) is 3.54. The third-order valence-corrected chi connectivity index (χ3v) is 2.35. The second kappa shape index (κ2) is 3.68. The zero-order chi connectivity index (χ0) is 10.2. The highest BCUT2D eigenvalue weighted by Crippen LogP contribution is 2.33. The molecule has 0 bridgehead atoms. The molecule has 4 N–H and O–H groups in total. The maximum atomic E-state index is 12.8. The minimum atomic E-state index is -3.28. The van der Waals surface area contributed by atoms with Crippen molar-refractivity contribution in [2.75, 3.05) is 6.61 Å². The molecule has 0 aromatic rings. The Kier molecular flexibility index (Phi) is 3.16. The summed E-state index contributed by atoms with van der Waals surface area (Å²) in [6.07, 6.45) is -4.89. The fourth-order valence-electron chi connectivity index (χ4n) is 1.13. The SMILES string of the molecule is OC[C@@H](S)[C@H]1O[C@@](O)(F)[C@H](O)[C@H]1O. The van der Waals surface area contributed by atoms with Gasteiger partial charge in [0.2, 0.25) is 0 Å². The molecule has 1 aliphatic heterocycles. The van der Waals surface area contributed by atoms with Crippen LogP contribution in [0.4, 0.5) is 4.39 Å². The van der Waals surface area contributed by atoms with Crippen molar-refractivity contribution in [3.05, 3.63) is 0 Å². The molecule has 5 atom stereocenters. The molecule has 1 fully saturated rings. The second-order valence-electron chi connectivity index (χ2n) is 2.88. The first-order valence-corrected chi connectivity index (χ1v) is 4.16. The molecule has 0 radical (unpaired) electrons. The molecule has 0 aromatic carbocycles. The smallest absolute Gasteiger partial charge is 0.347 e. The minimum Gasteiger partial charge on any atom is -0.395 e. The van der Waals surface area contributed by atoms with Crippen molar-refractivity contribution >= 4 is 12.6 Å². The lowest BCUT2D eigenvalue weighted by Crippen LogP contribution is -2.40. The van der Waals surface area contributed by atoms with Gasteiger partial charge in [-0.15, -0.1) is 0 Å². The summed E-state index contributed by atoms with van der Waals surface area (Å²) >= 11 is 3.78. The van der Waals surface area contributed by atoms with Crippen molar-refractivity contribution < 1.29 is 29.6 Å². The molecule has 1 aliphatic rings. The third-order valence-electron chi connectivity index (χ3n) is 1.89. The molecule has 0 spiro atoms. The Morgan fingerprint density at radius 3 is 2.38 bits per heavy atom. The van der Waals surface area contributed by atoms with Crippen molar-refractivity contribution in [3.63, 3.8) is 0 Å². The number of rotatable bonds is 2. The Hall–Kier alpha value is 0.0800. The lowest BCUT2D eigenvalue weighted by atomic mass is 10.1. The van der Waals surface area contributed by atoms with E-state index < -0.39 is 36.2 Å². The molecular weight excluding hydrogens is 203 g/mol. The molecule has 1 rings (SSSR count). The number of thiol groups is 1. The summed E-state index contributed by atoms with van der Waals surface area (Å²) in [7, 11) is 0. The van der Waals surface area contributed by atoms with Gasteiger partial charge < -0.3 is 25.2 Å². The van der Waals surface area contributed by atoms with Crippen LogP contribution in [0.1, 0.15) is 0 Å². The fraction of sp³-hybridized carbons (Fsp3) is 1.00. The van der Waals surface area contributed by atoms with Crippen LogP contribution in [0, 0.1) is 0 Å². The average Bonchev–Trinajstić information content (AvgIpc) is 2.28. The van der Waals surface area contributed by atoms with Gasteiger partial charge >= 0.3 is 6.04 Å². The Morgan fingerprint density at radius 2 is 2.08 bits per heavy atom. The van der Waals surface area contributed by atoms with Crippen molar-refractivity contribution in [2.45, 2.75) is 29.6 Å². The van der Waals surface area contributed by atoms with Crippen LogP contribution in [0.5, 0.6) is 0 Å². The van der Waals surface area contributed by atoms with Gasteiger partial charge in [0, 0.05) is 0 Å². The van der Waals surface area contributed by atoms with Crippen molar-refractivity contribution in [1.82, 2.24) is 0 Å². The van der Waals surface area contributed by atoms with Gasteiger partial charge in [-0.05, 0) is 0 Å². The molecular formula is C6H11FO5S. The predicted molar refractivity (Wildman–Crippen MR) is 42.8 cm³/mol. The molecule has 1 saturated heterocycles. The molecule has 7 heteroatoms. The van der Waals surface area contributed by atoms with Gasteiger partial charge in [0.05, 0.1) is 11.9 Å². The zero-order valence-corrected chi connectivity index (χ0v) is 7.43. The zero-order valence-electron chi connectivity index (χ0n) is 6.54. The third kappa shape index (κ3) is 1.95. The minimum absolute atomic E-state index is 0.465. The van der Waals surface area contributed by atoms with E-state index in [0.717, 1.165) is 0 Å². The molecule has 0 unspecified atom stereocenters. The number of aliphatic hydroxyl groups excluding tert-OH is 3. The summed E-state index contributed by atoms with van der Waals surface area (Å²) in [5.74, 6) is 0. The van der Waals surface area contributed by atoms with E-state index in [4.69, 9.17) is 20.4 Å². The summed E-state index contributed by atoms with van der Waals surface area (Å²) in [4.78, 5) is 0. The van der Waals surface area contributed by atoms with Crippen LogP contribution in [0.3, 0.4) is 0 Å². The first-order chi connectivity index (χ1) is 5.90. The number of aliphatic hydroxyl groups is 4. The number of halogens is 1. The summed E-state index contributed by atoms with van der Waals surface area (Å²) in [6, 6.07) is -3.28. The van der Waals surface area contributed by atoms with Gasteiger partial charge in [-0.2, -0.15) is 17.0 Å². The Bertz CT molecular complexity index is 190. The van der Waals surface area contributed by atoms with E-state index in [1.807, 2.05) is 0 Å². The van der Waals surface area contributed by atoms with Crippen LogP contribution < -0.4 is 0 Å². The van der Waals surface area contributed by atoms with E-state index in [1.54, 1.807) is 0 Å². The molecule has 0 aromatic heterocycles. The average molecular weight is 214 g/mol. The molecule has 13 heavy (non-hydrogen) atoms. The summed E-state index contributed by atoms with van der Waals surface area (Å²) in [5.41, 5.74) is 0. The van der Waals surface area contributed by atoms with E-state index in [2.05, 4.69) is 17.4 Å². The quantitative estimate of drug-likeness (QED) is 0.343. The molecule has 1 heterocycles. The van der Waals surface area contributed by atoms with Crippen LogP contribution >= 0.6 is 12.6 Å². The first kappa shape index (κ1) is 11.2. The largest absolute Gasteiger partial charge is 0.395 e. The van der Waals surface area contributed by atoms with Crippen LogP contribution in [-0.4, -0.2) is 56.6 Å². The summed E-state index contributed by atoms with van der Waals surface area (Å²) in [5, 5.41) is 34.6. The van der Waals surface area contributed by atoms with Crippen molar-refractivity contribution in [1.29, 1.82) is 0 Å². The number of alkyl halides is 1. The van der Waals surface area contributed by atoms with E-state index in [1.165, 1.54) is 0 Å². The summed E-state index contributed by atoms with van der Waals surface area (Å²) < 4.78 is 17.1. The Balaban J connectivity index is 2.72.